The minimum atomic E-state index is 0.316. The summed E-state index contributed by atoms with van der Waals surface area (Å²) in [6.07, 6.45) is 4.94. The topological polar surface area (TPSA) is 40.9 Å². The van der Waals surface area contributed by atoms with Gasteiger partial charge in [-0.15, -0.1) is 0 Å². The second kappa shape index (κ2) is 5.64. The first-order valence-corrected chi connectivity index (χ1v) is 8.47. The van der Waals surface area contributed by atoms with Crippen molar-refractivity contribution in [3.8, 4) is 0 Å². The van der Waals surface area contributed by atoms with E-state index in [1.54, 1.807) is 0 Å². The number of hydrogen-bond acceptors (Lipinski definition) is 3. The fourth-order valence-electron chi connectivity index (χ4n) is 4.36. The Balaban J connectivity index is 1.47. The lowest BCUT2D eigenvalue weighted by molar-refractivity contribution is -0.134. The Morgan fingerprint density at radius 2 is 2.09 bits per heavy atom. The Morgan fingerprint density at radius 1 is 1.26 bits per heavy atom. The zero-order chi connectivity index (χ0) is 16.0. The highest BCUT2D eigenvalue weighted by Gasteiger charge is 2.41. The van der Waals surface area contributed by atoms with Crippen molar-refractivity contribution in [3.63, 3.8) is 0 Å². The van der Waals surface area contributed by atoms with Crippen LogP contribution in [0.5, 0.6) is 0 Å². The molecule has 0 N–H and O–H groups in total. The predicted molar refractivity (Wildman–Crippen MR) is 88.9 cm³/mol. The molecule has 1 amide bonds. The molecule has 2 aromatic heterocycles. The number of rotatable bonds is 3. The van der Waals surface area contributed by atoms with Crippen molar-refractivity contribution in [1.82, 2.24) is 19.4 Å². The standard InChI is InChI=1S/C18H24N4O/c1-20(12-16-5-3-4-15-6-7-19-22(15)16)17-8-13-10-18(23)21(2)11-14(13)9-17/h3-7,13-14,17H,8-12H2,1-2H3/t13-,14+,17-/m0/s1. The molecule has 2 aromatic rings. The summed E-state index contributed by atoms with van der Waals surface area (Å²) in [6.45, 7) is 1.83. The number of amides is 1. The second-order valence-corrected chi connectivity index (χ2v) is 7.22. The van der Waals surface area contributed by atoms with Crippen molar-refractivity contribution < 1.29 is 4.79 Å². The highest BCUT2D eigenvalue weighted by Crippen LogP contribution is 2.40. The first-order valence-electron chi connectivity index (χ1n) is 8.47. The molecule has 1 saturated carbocycles. The first kappa shape index (κ1) is 14.7. The Morgan fingerprint density at radius 3 is 2.96 bits per heavy atom. The van der Waals surface area contributed by atoms with Gasteiger partial charge in [0.2, 0.25) is 5.91 Å². The fraction of sp³-hybridized carbons (Fsp3) is 0.556. The van der Waals surface area contributed by atoms with Crippen LogP contribution >= 0.6 is 0 Å². The molecular weight excluding hydrogens is 288 g/mol. The van der Waals surface area contributed by atoms with Gasteiger partial charge in [-0.1, -0.05) is 6.07 Å². The summed E-state index contributed by atoms with van der Waals surface area (Å²) in [4.78, 5) is 16.3. The van der Waals surface area contributed by atoms with Crippen LogP contribution in [0.3, 0.4) is 0 Å². The van der Waals surface area contributed by atoms with E-state index in [-0.39, 0.29) is 0 Å². The molecule has 0 spiro atoms. The minimum Gasteiger partial charge on any atom is -0.345 e. The average molecular weight is 312 g/mol. The molecule has 23 heavy (non-hydrogen) atoms. The summed E-state index contributed by atoms with van der Waals surface area (Å²) in [5, 5.41) is 4.43. The van der Waals surface area contributed by atoms with Crippen LogP contribution in [0, 0.1) is 11.8 Å². The molecule has 122 valence electrons. The van der Waals surface area contributed by atoms with E-state index in [2.05, 4.69) is 35.2 Å². The van der Waals surface area contributed by atoms with E-state index in [0.29, 0.717) is 23.8 Å². The second-order valence-electron chi connectivity index (χ2n) is 7.22. The fourth-order valence-corrected chi connectivity index (χ4v) is 4.36. The van der Waals surface area contributed by atoms with Crippen molar-refractivity contribution in [2.75, 3.05) is 20.6 Å². The maximum absolute atomic E-state index is 11.9. The van der Waals surface area contributed by atoms with Crippen LogP contribution in [-0.4, -0.2) is 52.0 Å². The van der Waals surface area contributed by atoms with Gasteiger partial charge in [-0.05, 0) is 49.9 Å². The molecule has 1 aliphatic carbocycles. The normalized spacial score (nSPS) is 27.9. The highest BCUT2D eigenvalue weighted by molar-refractivity contribution is 5.77. The molecular formula is C18H24N4O. The molecule has 4 rings (SSSR count). The van der Waals surface area contributed by atoms with Gasteiger partial charge >= 0.3 is 0 Å². The number of piperidine rings is 1. The lowest BCUT2D eigenvalue weighted by Crippen LogP contribution is -2.39. The highest BCUT2D eigenvalue weighted by atomic mass is 16.2. The van der Waals surface area contributed by atoms with Crippen LogP contribution in [0.4, 0.5) is 0 Å². The van der Waals surface area contributed by atoms with Crippen molar-refractivity contribution in [2.24, 2.45) is 11.8 Å². The van der Waals surface area contributed by atoms with E-state index in [0.717, 1.165) is 31.4 Å². The van der Waals surface area contributed by atoms with Crippen LogP contribution < -0.4 is 0 Å². The van der Waals surface area contributed by atoms with Gasteiger partial charge in [0.25, 0.3) is 0 Å². The monoisotopic (exact) mass is 312 g/mol. The number of likely N-dealkylation sites (tertiary alicyclic amines) is 1. The van der Waals surface area contributed by atoms with Gasteiger partial charge in [-0.2, -0.15) is 5.10 Å². The molecule has 2 aliphatic rings. The molecule has 0 radical (unpaired) electrons. The molecule has 2 fully saturated rings. The maximum atomic E-state index is 11.9. The SMILES string of the molecule is CN1C[C@H]2C[C@@H](N(C)Cc3cccc4ccnn34)C[C@H]2CC1=O. The third-order valence-corrected chi connectivity index (χ3v) is 5.72. The molecule has 0 aromatic carbocycles. The molecule has 1 saturated heterocycles. The Bertz CT molecular complexity index is 725. The lowest BCUT2D eigenvalue weighted by atomic mass is 9.88. The molecule has 0 unspecified atom stereocenters. The van der Waals surface area contributed by atoms with E-state index in [1.807, 2.05) is 28.7 Å². The number of hydrogen-bond donors (Lipinski definition) is 0. The van der Waals surface area contributed by atoms with E-state index in [1.165, 1.54) is 12.1 Å². The molecule has 0 bridgehead atoms. The number of fused-ring (bicyclic) bond motifs is 2. The van der Waals surface area contributed by atoms with Crippen LogP contribution in [0.1, 0.15) is 25.0 Å². The summed E-state index contributed by atoms with van der Waals surface area (Å²) >= 11 is 0. The smallest absolute Gasteiger partial charge is 0.222 e. The number of nitrogens with zero attached hydrogens (tertiary/aromatic N) is 4. The predicted octanol–water partition coefficient (Wildman–Crippen LogP) is 2.02. The van der Waals surface area contributed by atoms with Crippen molar-refractivity contribution >= 4 is 11.4 Å². The lowest BCUT2D eigenvalue weighted by Gasteiger charge is -2.31. The first-order chi connectivity index (χ1) is 11.1. The Labute approximate surface area is 136 Å². The largest absolute Gasteiger partial charge is 0.345 e. The average Bonchev–Trinajstić information content (AvgIpc) is 3.15. The zero-order valence-corrected chi connectivity index (χ0v) is 13.9. The third kappa shape index (κ3) is 2.63. The minimum absolute atomic E-state index is 0.316. The summed E-state index contributed by atoms with van der Waals surface area (Å²) in [6, 6.07) is 8.94. The van der Waals surface area contributed by atoms with Gasteiger partial charge in [0, 0.05) is 38.8 Å². The number of carbonyl (C=O) groups excluding carboxylic acids is 1. The van der Waals surface area contributed by atoms with Crippen LogP contribution in [0.15, 0.2) is 30.5 Å². The van der Waals surface area contributed by atoms with Gasteiger partial charge in [-0.25, -0.2) is 4.52 Å². The van der Waals surface area contributed by atoms with Gasteiger partial charge < -0.3 is 4.90 Å². The third-order valence-electron chi connectivity index (χ3n) is 5.72. The van der Waals surface area contributed by atoms with E-state index in [9.17, 15) is 4.79 Å². The molecule has 3 heterocycles. The van der Waals surface area contributed by atoms with Crippen molar-refractivity contribution in [1.29, 1.82) is 0 Å². The van der Waals surface area contributed by atoms with Crippen LogP contribution in [0.25, 0.3) is 5.52 Å². The van der Waals surface area contributed by atoms with Gasteiger partial charge in [0.05, 0.1) is 11.2 Å². The van der Waals surface area contributed by atoms with Gasteiger partial charge in [0.15, 0.2) is 0 Å². The van der Waals surface area contributed by atoms with Crippen LogP contribution in [0.2, 0.25) is 0 Å². The van der Waals surface area contributed by atoms with E-state index in [4.69, 9.17) is 0 Å². The molecule has 5 heteroatoms. The summed E-state index contributed by atoms with van der Waals surface area (Å²) in [7, 11) is 4.14. The van der Waals surface area contributed by atoms with Gasteiger partial charge in [-0.3, -0.25) is 9.69 Å². The maximum Gasteiger partial charge on any atom is 0.222 e. The van der Waals surface area contributed by atoms with Crippen LogP contribution in [-0.2, 0) is 11.3 Å². The summed E-state index contributed by atoms with van der Waals surface area (Å²) in [5.74, 6) is 1.56. The summed E-state index contributed by atoms with van der Waals surface area (Å²) in [5.41, 5.74) is 2.36. The number of pyridine rings is 1. The number of aromatic nitrogens is 2. The molecule has 5 nitrogen and oxygen atoms in total. The van der Waals surface area contributed by atoms with Gasteiger partial charge in [0.1, 0.15) is 0 Å². The molecule has 1 aliphatic heterocycles. The Hall–Kier alpha value is -1.88. The molecule has 3 atom stereocenters. The zero-order valence-electron chi connectivity index (χ0n) is 13.9. The quantitative estimate of drug-likeness (QED) is 0.871. The van der Waals surface area contributed by atoms with Crippen molar-refractivity contribution in [2.45, 2.75) is 31.8 Å². The number of carbonyl (C=O) groups is 1. The van der Waals surface area contributed by atoms with Crippen molar-refractivity contribution in [3.05, 3.63) is 36.2 Å². The van der Waals surface area contributed by atoms with E-state index >= 15 is 0 Å². The summed E-state index contributed by atoms with van der Waals surface area (Å²) < 4.78 is 2.02. The Kier molecular flexibility index (Phi) is 3.60. The van der Waals surface area contributed by atoms with E-state index < -0.39 is 0 Å².